The molecule has 1 amide bonds. The first-order chi connectivity index (χ1) is 11.0. The smallest absolute Gasteiger partial charge is 0.220 e. The number of piperidine rings is 1. The minimum atomic E-state index is 0.0160. The Morgan fingerprint density at radius 1 is 1.52 bits per heavy atom. The number of carbonyl (C=O) groups excluding carboxylic acids is 1. The summed E-state index contributed by atoms with van der Waals surface area (Å²) in [6, 6.07) is 0.216. The van der Waals surface area contributed by atoms with E-state index in [0.29, 0.717) is 12.3 Å². The topological polar surface area (TPSA) is 54.5 Å². The SMILES string of the molecule is CC(C)NC(=O)C[C@@H]1COC2(CCN(Cc3nccs3)CC2)C1. The Kier molecular flexibility index (Phi) is 5.34. The number of rotatable bonds is 5. The molecule has 3 rings (SSSR count). The molecule has 0 saturated carbocycles. The normalized spacial score (nSPS) is 24.4. The van der Waals surface area contributed by atoms with E-state index in [1.165, 1.54) is 5.01 Å². The number of hydrogen-bond acceptors (Lipinski definition) is 5. The van der Waals surface area contributed by atoms with E-state index in [0.717, 1.165) is 45.5 Å². The van der Waals surface area contributed by atoms with Gasteiger partial charge in [0, 0.05) is 37.1 Å². The van der Waals surface area contributed by atoms with E-state index in [1.54, 1.807) is 11.3 Å². The van der Waals surface area contributed by atoms with Crippen molar-refractivity contribution in [1.82, 2.24) is 15.2 Å². The van der Waals surface area contributed by atoms with Crippen molar-refractivity contribution in [1.29, 1.82) is 0 Å². The van der Waals surface area contributed by atoms with Crippen LogP contribution in [0.2, 0.25) is 0 Å². The third kappa shape index (κ3) is 4.52. The van der Waals surface area contributed by atoms with Gasteiger partial charge in [-0.15, -0.1) is 11.3 Å². The van der Waals surface area contributed by atoms with Crippen LogP contribution in [-0.4, -0.2) is 47.1 Å². The summed E-state index contributed by atoms with van der Waals surface area (Å²) in [5.41, 5.74) is 0.0160. The number of ether oxygens (including phenoxy) is 1. The van der Waals surface area contributed by atoms with Crippen molar-refractivity contribution in [2.24, 2.45) is 5.92 Å². The molecule has 0 bridgehead atoms. The summed E-state index contributed by atoms with van der Waals surface area (Å²) >= 11 is 1.72. The number of aromatic nitrogens is 1. The second-order valence-electron chi connectivity index (χ2n) is 7.19. The Morgan fingerprint density at radius 3 is 2.96 bits per heavy atom. The van der Waals surface area contributed by atoms with Gasteiger partial charge < -0.3 is 10.1 Å². The molecule has 1 aromatic rings. The predicted molar refractivity (Wildman–Crippen MR) is 91.3 cm³/mol. The molecule has 0 aliphatic carbocycles. The molecule has 0 aromatic carbocycles. The van der Waals surface area contributed by atoms with Gasteiger partial charge in [0.15, 0.2) is 0 Å². The number of likely N-dealkylation sites (tertiary alicyclic amines) is 1. The van der Waals surface area contributed by atoms with Crippen LogP contribution in [0.25, 0.3) is 0 Å². The fourth-order valence-corrected chi connectivity index (χ4v) is 4.36. The zero-order valence-electron chi connectivity index (χ0n) is 14.1. The molecular weight excluding hydrogens is 310 g/mol. The number of carbonyl (C=O) groups is 1. The Hall–Kier alpha value is -0.980. The number of hydrogen-bond donors (Lipinski definition) is 1. The lowest BCUT2D eigenvalue weighted by Crippen LogP contribution is -2.43. The summed E-state index contributed by atoms with van der Waals surface area (Å²) in [6.45, 7) is 7.81. The highest BCUT2D eigenvalue weighted by Gasteiger charge is 2.43. The van der Waals surface area contributed by atoms with E-state index in [9.17, 15) is 4.79 Å². The number of thiazole rings is 1. The average molecular weight is 337 g/mol. The molecule has 2 fully saturated rings. The summed E-state index contributed by atoms with van der Waals surface area (Å²) in [7, 11) is 0. The van der Waals surface area contributed by atoms with Gasteiger partial charge in [-0.3, -0.25) is 9.69 Å². The van der Waals surface area contributed by atoms with Crippen LogP contribution in [-0.2, 0) is 16.1 Å². The fourth-order valence-electron chi connectivity index (χ4n) is 3.70. The highest BCUT2D eigenvalue weighted by Crippen LogP contribution is 2.40. The summed E-state index contributed by atoms with van der Waals surface area (Å²) in [6.07, 6.45) is 5.64. The Bertz CT molecular complexity index is 510. The summed E-state index contributed by atoms with van der Waals surface area (Å²) < 4.78 is 6.16. The van der Waals surface area contributed by atoms with E-state index in [1.807, 2.05) is 25.4 Å². The summed E-state index contributed by atoms with van der Waals surface area (Å²) in [5, 5.41) is 6.21. The standard InChI is InChI=1S/C17H27N3O2S/c1-13(2)19-15(21)9-14-10-17(22-12-14)3-6-20(7-4-17)11-16-18-5-8-23-16/h5,8,13-14H,3-4,6-7,9-12H2,1-2H3,(H,19,21)/t14-/m0/s1. The van der Waals surface area contributed by atoms with Crippen LogP contribution in [0.1, 0.15) is 44.5 Å². The van der Waals surface area contributed by atoms with Gasteiger partial charge in [0.25, 0.3) is 0 Å². The molecule has 23 heavy (non-hydrogen) atoms. The maximum Gasteiger partial charge on any atom is 0.220 e. The molecular formula is C17H27N3O2S. The van der Waals surface area contributed by atoms with Crippen LogP contribution in [0.4, 0.5) is 0 Å². The van der Waals surface area contributed by atoms with Gasteiger partial charge in [-0.05, 0) is 39.0 Å². The van der Waals surface area contributed by atoms with Crippen molar-refractivity contribution < 1.29 is 9.53 Å². The first-order valence-electron chi connectivity index (χ1n) is 8.59. The van der Waals surface area contributed by atoms with Crippen molar-refractivity contribution in [2.45, 2.75) is 57.7 Å². The second kappa shape index (κ2) is 7.28. The highest BCUT2D eigenvalue weighted by atomic mass is 32.1. The van der Waals surface area contributed by atoms with E-state index in [4.69, 9.17) is 4.74 Å². The van der Waals surface area contributed by atoms with Crippen molar-refractivity contribution in [2.75, 3.05) is 19.7 Å². The third-order valence-electron chi connectivity index (χ3n) is 4.82. The Balaban J connectivity index is 1.44. The maximum absolute atomic E-state index is 11.9. The van der Waals surface area contributed by atoms with Crippen LogP contribution in [0.15, 0.2) is 11.6 Å². The van der Waals surface area contributed by atoms with Gasteiger partial charge in [0.2, 0.25) is 5.91 Å². The third-order valence-corrected chi connectivity index (χ3v) is 5.58. The number of amides is 1. The van der Waals surface area contributed by atoms with Crippen LogP contribution in [0.5, 0.6) is 0 Å². The molecule has 2 aliphatic rings. The highest BCUT2D eigenvalue weighted by molar-refractivity contribution is 7.09. The summed E-state index contributed by atoms with van der Waals surface area (Å²) in [5.74, 6) is 0.533. The quantitative estimate of drug-likeness (QED) is 0.896. The molecule has 1 atom stereocenters. The number of nitrogens with zero attached hydrogens (tertiary/aromatic N) is 2. The van der Waals surface area contributed by atoms with Gasteiger partial charge in [-0.2, -0.15) is 0 Å². The monoisotopic (exact) mass is 337 g/mol. The fraction of sp³-hybridized carbons (Fsp3) is 0.765. The predicted octanol–water partition coefficient (Wildman–Crippen LogP) is 2.43. The zero-order chi connectivity index (χ0) is 16.3. The van der Waals surface area contributed by atoms with Gasteiger partial charge in [-0.1, -0.05) is 0 Å². The lowest BCUT2D eigenvalue weighted by molar-refractivity contribution is -0.122. The van der Waals surface area contributed by atoms with E-state index < -0.39 is 0 Å². The molecule has 1 spiro atoms. The Morgan fingerprint density at radius 2 is 2.30 bits per heavy atom. The molecule has 0 radical (unpaired) electrons. The lowest BCUT2D eigenvalue weighted by Gasteiger charge is -2.38. The molecule has 2 saturated heterocycles. The van der Waals surface area contributed by atoms with Crippen molar-refractivity contribution in [3.05, 3.63) is 16.6 Å². The molecule has 0 unspecified atom stereocenters. The van der Waals surface area contributed by atoms with Crippen molar-refractivity contribution >= 4 is 17.2 Å². The van der Waals surface area contributed by atoms with Gasteiger partial charge >= 0.3 is 0 Å². The van der Waals surface area contributed by atoms with Crippen molar-refractivity contribution in [3.8, 4) is 0 Å². The maximum atomic E-state index is 11.9. The van der Waals surface area contributed by atoms with Crippen molar-refractivity contribution in [3.63, 3.8) is 0 Å². The molecule has 1 aromatic heterocycles. The molecule has 128 valence electrons. The van der Waals surface area contributed by atoms with Crippen LogP contribution < -0.4 is 5.32 Å². The van der Waals surface area contributed by atoms with Crippen LogP contribution in [0.3, 0.4) is 0 Å². The molecule has 1 N–H and O–H groups in total. The van der Waals surface area contributed by atoms with E-state index in [-0.39, 0.29) is 17.6 Å². The average Bonchev–Trinajstić information content (AvgIpc) is 3.12. The van der Waals surface area contributed by atoms with Crippen LogP contribution >= 0.6 is 11.3 Å². The minimum Gasteiger partial charge on any atom is -0.375 e. The van der Waals surface area contributed by atoms with Gasteiger partial charge in [-0.25, -0.2) is 4.98 Å². The molecule has 3 heterocycles. The molecule has 6 heteroatoms. The second-order valence-corrected chi connectivity index (χ2v) is 8.17. The largest absolute Gasteiger partial charge is 0.375 e. The molecule has 2 aliphatic heterocycles. The Labute approximate surface area is 142 Å². The van der Waals surface area contributed by atoms with E-state index >= 15 is 0 Å². The first kappa shape index (κ1) is 16.9. The lowest BCUT2D eigenvalue weighted by atomic mass is 9.84. The summed E-state index contributed by atoms with van der Waals surface area (Å²) in [4.78, 5) is 18.8. The number of nitrogens with one attached hydrogen (secondary N) is 1. The minimum absolute atomic E-state index is 0.0160. The van der Waals surface area contributed by atoms with Gasteiger partial charge in [0.1, 0.15) is 5.01 Å². The van der Waals surface area contributed by atoms with Crippen LogP contribution in [0, 0.1) is 5.92 Å². The molecule has 5 nitrogen and oxygen atoms in total. The zero-order valence-corrected chi connectivity index (χ0v) is 14.9. The van der Waals surface area contributed by atoms with Gasteiger partial charge in [0.05, 0.1) is 18.8 Å². The van der Waals surface area contributed by atoms with E-state index in [2.05, 4.69) is 15.2 Å². The first-order valence-corrected chi connectivity index (χ1v) is 9.47.